The fourth-order valence-electron chi connectivity index (χ4n) is 9.00. The monoisotopic (exact) mass is 701 g/mol. The van der Waals surface area contributed by atoms with Gasteiger partial charge in [-0.1, -0.05) is 178 Å². The van der Waals surface area contributed by atoms with E-state index in [1.807, 2.05) is 18.2 Å². The van der Waals surface area contributed by atoms with Crippen molar-refractivity contribution >= 4 is 43.1 Å². The van der Waals surface area contributed by atoms with Crippen molar-refractivity contribution in [2.45, 2.75) is 19.3 Å². The van der Waals surface area contributed by atoms with Gasteiger partial charge in [0.05, 0.1) is 0 Å². The fraction of sp³-hybridized carbons (Fsp3) is 0.0577. The van der Waals surface area contributed by atoms with Gasteiger partial charge < -0.3 is 0 Å². The van der Waals surface area contributed by atoms with Crippen molar-refractivity contribution in [1.82, 2.24) is 15.0 Å². The van der Waals surface area contributed by atoms with E-state index in [0.717, 1.165) is 22.3 Å². The zero-order chi connectivity index (χ0) is 36.7. The first-order chi connectivity index (χ1) is 27.0. The molecule has 3 heteroatoms. The second kappa shape index (κ2) is 12.0. The lowest BCUT2D eigenvalue weighted by molar-refractivity contribution is 0.660. The van der Waals surface area contributed by atoms with Crippen LogP contribution in [0.1, 0.15) is 25.0 Å². The van der Waals surface area contributed by atoms with Crippen LogP contribution in [-0.4, -0.2) is 15.0 Å². The first-order valence-electron chi connectivity index (χ1n) is 18.9. The largest absolute Gasteiger partial charge is 0.208 e. The number of nitrogens with zero attached hydrogens (tertiary/aromatic N) is 3. The minimum atomic E-state index is -0.123. The van der Waals surface area contributed by atoms with Gasteiger partial charge in [-0.25, -0.2) is 15.0 Å². The Labute approximate surface area is 319 Å². The van der Waals surface area contributed by atoms with E-state index in [0.29, 0.717) is 17.5 Å². The molecule has 11 rings (SSSR count). The van der Waals surface area contributed by atoms with E-state index < -0.39 is 0 Å². The topological polar surface area (TPSA) is 38.7 Å². The molecule has 0 amide bonds. The maximum atomic E-state index is 5.16. The molecule has 0 saturated heterocycles. The Morgan fingerprint density at radius 3 is 1.45 bits per heavy atom. The third-order valence-electron chi connectivity index (χ3n) is 11.7. The molecule has 258 valence electrons. The molecule has 0 unspecified atom stereocenters. The predicted molar refractivity (Wildman–Crippen MR) is 229 cm³/mol. The molecule has 0 spiro atoms. The summed E-state index contributed by atoms with van der Waals surface area (Å²) in [5, 5.41) is 10.2. The Morgan fingerprint density at radius 1 is 0.309 bits per heavy atom. The molecule has 0 N–H and O–H groups in total. The molecule has 1 aromatic heterocycles. The quantitative estimate of drug-likeness (QED) is 0.171. The molecule has 10 aromatic rings. The van der Waals surface area contributed by atoms with E-state index >= 15 is 0 Å². The van der Waals surface area contributed by atoms with Gasteiger partial charge in [0, 0.05) is 22.1 Å². The second-order valence-corrected chi connectivity index (χ2v) is 15.2. The van der Waals surface area contributed by atoms with Crippen molar-refractivity contribution in [3.63, 3.8) is 0 Å². The molecule has 0 bridgehead atoms. The third kappa shape index (κ3) is 4.86. The number of hydrogen-bond acceptors (Lipinski definition) is 3. The molecule has 9 aromatic carbocycles. The molecule has 0 saturated carbocycles. The molecule has 3 nitrogen and oxygen atoms in total. The van der Waals surface area contributed by atoms with Crippen molar-refractivity contribution in [1.29, 1.82) is 0 Å². The average molecular weight is 702 g/mol. The molecule has 0 atom stereocenters. The van der Waals surface area contributed by atoms with Crippen molar-refractivity contribution in [3.8, 4) is 56.4 Å². The summed E-state index contributed by atoms with van der Waals surface area (Å²) in [7, 11) is 0. The van der Waals surface area contributed by atoms with Crippen LogP contribution in [0.15, 0.2) is 176 Å². The van der Waals surface area contributed by atoms with E-state index in [2.05, 4.69) is 172 Å². The molecule has 1 aliphatic rings. The van der Waals surface area contributed by atoms with Gasteiger partial charge in [-0.05, 0) is 88.6 Å². The van der Waals surface area contributed by atoms with E-state index in [9.17, 15) is 0 Å². The zero-order valence-electron chi connectivity index (χ0n) is 30.6. The maximum absolute atomic E-state index is 5.16. The van der Waals surface area contributed by atoms with Crippen molar-refractivity contribution in [2.75, 3.05) is 0 Å². The summed E-state index contributed by atoms with van der Waals surface area (Å²) in [5.41, 5.74) is 10.3. The standard InChI is InChI=1S/C52H35N3/c1-52(2)46-23-13-12-20-40(46)41-29-28-35(30-47(41)52)51-54-49(33-14-4-3-5-15-33)53-50(55-51)34-26-24-32(25-27-34)44-31-45-38-18-7-6-16-36(38)37-17-8-10-21-42(37)48(45)43-22-11-9-19-39(43)44/h3-31H,1-2H3. The van der Waals surface area contributed by atoms with E-state index in [-0.39, 0.29) is 5.41 Å². The van der Waals surface area contributed by atoms with Gasteiger partial charge in [-0.2, -0.15) is 0 Å². The van der Waals surface area contributed by atoms with Gasteiger partial charge in [-0.3, -0.25) is 0 Å². The summed E-state index contributed by atoms with van der Waals surface area (Å²) in [6, 6.07) is 63.2. The fourth-order valence-corrected chi connectivity index (χ4v) is 9.00. The van der Waals surface area contributed by atoms with Crippen LogP contribution in [-0.2, 0) is 5.41 Å². The predicted octanol–water partition coefficient (Wildman–Crippen LogP) is 13.5. The van der Waals surface area contributed by atoms with Gasteiger partial charge in [0.15, 0.2) is 17.5 Å². The third-order valence-corrected chi connectivity index (χ3v) is 11.7. The normalized spacial score (nSPS) is 13.1. The van der Waals surface area contributed by atoms with Crippen LogP contribution in [0.5, 0.6) is 0 Å². The first kappa shape index (κ1) is 31.5. The Kier molecular flexibility index (Phi) is 6.90. The minimum absolute atomic E-state index is 0.123. The molecule has 1 heterocycles. The van der Waals surface area contributed by atoms with Crippen molar-refractivity contribution in [2.24, 2.45) is 0 Å². The van der Waals surface area contributed by atoms with Gasteiger partial charge in [0.2, 0.25) is 0 Å². The highest BCUT2D eigenvalue weighted by molar-refractivity contribution is 6.33. The Morgan fingerprint density at radius 2 is 0.764 bits per heavy atom. The molecular formula is C52H35N3. The first-order valence-corrected chi connectivity index (χ1v) is 18.9. The number of rotatable bonds is 4. The summed E-state index contributed by atoms with van der Waals surface area (Å²) in [6.45, 7) is 4.61. The van der Waals surface area contributed by atoms with E-state index in [1.54, 1.807) is 0 Å². The highest BCUT2D eigenvalue weighted by atomic mass is 15.0. The Balaban J connectivity index is 1.06. The van der Waals surface area contributed by atoms with E-state index in [1.165, 1.54) is 70.9 Å². The lowest BCUT2D eigenvalue weighted by Crippen LogP contribution is -2.15. The minimum Gasteiger partial charge on any atom is -0.208 e. The molecule has 0 radical (unpaired) electrons. The van der Waals surface area contributed by atoms with E-state index in [4.69, 9.17) is 15.0 Å². The van der Waals surface area contributed by atoms with Gasteiger partial charge in [0.1, 0.15) is 0 Å². The molecule has 0 fully saturated rings. The number of fused-ring (bicyclic) bond motifs is 11. The summed E-state index contributed by atoms with van der Waals surface area (Å²) in [4.78, 5) is 15.3. The molecule has 55 heavy (non-hydrogen) atoms. The van der Waals surface area contributed by atoms with Gasteiger partial charge in [-0.15, -0.1) is 0 Å². The summed E-state index contributed by atoms with van der Waals surface area (Å²) < 4.78 is 0. The molecule has 0 aliphatic heterocycles. The molecular weight excluding hydrogens is 667 g/mol. The Bertz CT molecular complexity index is 3160. The van der Waals surface area contributed by atoms with Crippen LogP contribution in [0.3, 0.4) is 0 Å². The number of aromatic nitrogens is 3. The van der Waals surface area contributed by atoms with Crippen molar-refractivity contribution in [3.05, 3.63) is 187 Å². The van der Waals surface area contributed by atoms with Crippen LogP contribution in [0.2, 0.25) is 0 Å². The lowest BCUT2D eigenvalue weighted by atomic mass is 9.82. The van der Waals surface area contributed by atoms with Crippen LogP contribution >= 0.6 is 0 Å². The number of benzene rings is 9. The van der Waals surface area contributed by atoms with Crippen LogP contribution in [0.4, 0.5) is 0 Å². The van der Waals surface area contributed by atoms with Crippen LogP contribution in [0.25, 0.3) is 99.5 Å². The zero-order valence-corrected chi connectivity index (χ0v) is 30.6. The summed E-state index contributed by atoms with van der Waals surface area (Å²) in [6.07, 6.45) is 0. The molecule has 1 aliphatic carbocycles. The van der Waals surface area contributed by atoms with Crippen LogP contribution < -0.4 is 0 Å². The Hall–Kier alpha value is -6.97. The summed E-state index contributed by atoms with van der Waals surface area (Å²) in [5.74, 6) is 1.98. The van der Waals surface area contributed by atoms with Crippen molar-refractivity contribution < 1.29 is 0 Å². The maximum Gasteiger partial charge on any atom is 0.164 e. The average Bonchev–Trinajstić information content (AvgIpc) is 3.48. The van der Waals surface area contributed by atoms with Gasteiger partial charge >= 0.3 is 0 Å². The lowest BCUT2D eigenvalue weighted by Gasteiger charge is -2.21. The SMILES string of the molecule is CC1(C)c2ccccc2-c2ccc(-c3nc(-c4ccccc4)nc(-c4ccc(-c5cc6c7ccccc7c7ccccc7c6c6ccccc56)cc4)n3)cc21. The number of hydrogen-bond donors (Lipinski definition) is 0. The van der Waals surface area contributed by atoms with Crippen LogP contribution in [0, 0.1) is 0 Å². The second-order valence-electron chi connectivity index (χ2n) is 15.2. The van der Waals surface area contributed by atoms with Gasteiger partial charge in [0.25, 0.3) is 0 Å². The smallest absolute Gasteiger partial charge is 0.164 e. The summed E-state index contributed by atoms with van der Waals surface area (Å²) >= 11 is 0. The highest BCUT2D eigenvalue weighted by Crippen LogP contribution is 2.49. The highest BCUT2D eigenvalue weighted by Gasteiger charge is 2.35.